The summed E-state index contributed by atoms with van der Waals surface area (Å²) in [5.74, 6) is -3.07. The number of hydrogen-bond acceptors (Lipinski definition) is 4. The third kappa shape index (κ3) is 6.53. The van der Waals surface area contributed by atoms with E-state index in [4.69, 9.17) is 9.84 Å². The molecule has 12 heteroatoms. The van der Waals surface area contributed by atoms with Crippen LogP contribution in [0.4, 0.5) is 22.0 Å². The number of aliphatic carboxylic acids is 1. The van der Waals surface area contributed by atoms with Gasteiger partial charge in [-0.2, -0.15) is 18.3 Å². The molecule has 0 fully saturated rings. The van der Waals surface area contributed by atoms with E-state index in [1.165, 1.54) is 38.3 Å². The highest BCUT2D eigenvalue weighted by atomic mass is 19.4. The minimum atomic E-state index is -4.67. The zero-order valence-corrected chi connectivity index (χ0v) is 17.9. The van der Waals surface area contributed by atoms with Crippen molar-refractivity contribution in [3.63, 3.8) is 0 Å². The van der Waals surface area contributed by atoms with E-state index < -0.39 is 53.2 Å². The van der Waals surface area contributed by atoms with Gasteiger partial charge in [0.15, 0.2) is 0 Å². The number of nitrogens with zero attached hydrogens (tertiary/aromatic N) is 2. The van der Waals surface area contributed by atoms with Gasteiger partial charge in [0, 0.05) is 13.1 Å². The van der Waals surface area contributed by atoms with Crippen molar-refractivity contribution in [2.24, 2.45) is 7.05 Å². The van der Waals surface area contributed by atoms with Crippen LogP contribution in [0.3, 0.4) is 0 Å². The van der Waals surface area contributed by atoms with E-state index in [-0.39, 0.29) is 5.75 Å². The number of rotatable bonds is 9. The molecule has 1 unspecified atom stereocenters. The highest BCUT2D eigenvalue weighted by Crippen LogP contribution is 2.35. The zero-order valence-electron chi connectivity index (χ0n) is 17.9. The third-order valence-electron chi connectivity index (χ3n) is 4.44. The second kappa shape index (κ2) is 10.8. The molecule has 1 aromatic carbocycles. The van der Waals surface area contributed by atoms with Crippen molar-refractivity contribution in [3.8, 4) is 11.6 Å². The van der Waals surface area contributed by atoms with Crippen molar-refractivity contribution in [3.05, 3.63) is 77.5 Å². The van der Waals surface area contributed by atoms with Crippen LogP contribution in [-0.2, 0) is 18.0 Å². The Morgan fingerprint density at radius 1 is 1.29 bits per heavy atom. The van der Waals surface area contributed by atoms with E-state index in [1.807, 2.05) is 0 Å². The molecule has 1 aromatic heterocycles. The molecule has 2 rings (SSSR count). The number of alkyl halides is 5. The van der Waals surface area contributed by atoms with Gasteiger partial charge in [-0.3, -0.25) is 4.79 Å². The van der Waals surface area contributed by atoms with Crippen LogP contribution in [0.25, 0.3) is 0 Å². The van der Waals surface area contributed by atoms with Gasteiger partial charge in [-0.25, -0.2) is 18.3 Å². The third-order valence-corrected chi connectivity index (χ3v) is 4.44. The molecule has 0 bridgehead atoms. The maximum absolute atomic E-state index is 13.6. The largest absolute Gasteiger partial charge is 0.478 e. The summed E-state index contributed by atoms with van der Waals surface area (Å²) in [6.07, 6.45) is -3.14. The molecule has 7 nitrogen and oxygen atoms in total. The van der Waals surface area contributed by atoms with Crippen molar-refractivity contribution in [1.29, 1.82) is 0 Å². The van der Waals surface area contributed by atoms with Gasteiger partial charge in [-0.15, -0.1) is 0 Å². The number of halogens is 5. The fourth-order valence-electron chi connectivity index (χ4n) is 2.84. The summed E-state index contributed by atoms with van der Waals surface area (Å²) in [4.78, 5) is 23.5. The first-order chi connectivity index (χ1) is 15.8. The van der Waals surface area contributed by atoms with Gasteiger partial charge >= 0.3 is 12.1 Å². The second-order valence-corrected chi connectivity index (χ2v) is 6.88. The van der Waals surface area contributed by atoms with Crippen LogP contribution in [-0.4, -0.2) is 32.8 Å². The number of aromatic nitrogens is 2. The first kappa shape index (κ1) is 26.3. The van der Waals surface area contributed by atoms with Crippen molar-refractivity contribution in [2.75, 3.05) is 0 Å². The van der Waals surface area contributed by atoms with Crippen molar-refractivity contribution >= 4 is 11.9 Å². The number of carboxylic acid groups (broad SMARTS) is 1. The number of aryl methyl sites for hydroxylation is 1. The average Bonchev–Trinajstić information content (AvgIpc) is 3.07. The number of hydrogen-bond donors (Lipinski definition) is 2. The van der Waals surface area contributed by atoms with Crippen LogP contribution >= 0.6 is 0 Å². The molecule has 0 aliphatic heterocycles. The minimum Gasteiger partial charge on any atom is -0.478 e. The number of nitrogens with one attached hydrogen (secondary N) is 1. The molecule has 1 atom stereocenters. The smallest absolute Gasteiger partial charge is 0.416 e. The molecule has 0 radical (unpaired) electrons. The zero-order chi connectivity index (χ0) is 25.6. The molecular weight excluding hydrogens is 465 g/mol. The maximum Gasteiger partial charge on any atom is 0.416 e. The molecule has 0 aliphatic carbocycles. The first-order valence-corrected chi connectivity index (χ1v) is 9.59. The Morgan fingerprint density at radius 3 is 2.53 bits per heavy atom. The Kier molecular flexibility index (Phi) is 8.33. The van der Waals surface area contributed by atoms with E-state index >= 15 is 0 Å². The summed E-state index contributed by atoms with van der Waals surface area (Å²) < 4.78 is 72.4. The van der Waals surface area contributed by atoms with Gasteiger partial charge < -0.3 is 15.2 Å². The average molecular weight is 485 g/mol. The summed E-state index contributed by atoms with van der Waals surface area (Å²) >= 11 is 0. The standard InChI is InChI=1S/C22H20F5N3O4/c1-4-13(7-5-10-16(31)32)12(2)28-20(33)17-18(19(23)24)29-30(3)21(17)34-15-9-6-8-14(11-15)22(25,26)27/h4-12,19H,1H2,2-3H3,(H,28,33)(H,31,32)/b10-5+,13-7+. The van der Waals surface area contributed by atoms with E-state index in [0.29, 0.717) is 11.6 Å². The second-order valence-electron chi connectivity index (χ2n) is 6.88. The van der Waals surface area contributed by atoms with E-state index in [2.05, 4.69) is 17.0 Å². The topological polar surface area (TPSA) is 93.5 Å². The van der Waals surface area contributed by atoms with Gasteiger partial charge in [-0.05, 0) is 30.7 Å². The molecule has 0 aliphatic rings. The van der Waals surface area contributed by atoms with Gasteiger partial charge in [0.05, 0.1) is 11.6 Å². The van der Waals surface area contributed by atoms with Gasteiger partial charge in [-0.1, -0.05) is 30.9 Å². The van der Waals surface area contributed by atoms with Crippen LogP contribution in [0, 0.1) is 0 Å². The monoisotopic (exact) mass is 485 g/mol. The van der Waals surface area contributed by atoms with Crippen LogP contribution < -0.4 is 10.1 Å². The Labute approximate surface area is 190 Å². The summed E-state index contributed by atoms with van der Waals surface area (Å²) in [5, 5.41) is 14.7. The molecule has 182 valence electrons. The summed E-state index contributed by atoms with van der Waals surface area (Å²) in [6, 6.07) is 2.89. The fourth-order valence-corrected chi connectivity index (χ4v) is 2.84. The highest BCUT2D eigenvalue weighted by molar-refractivity contribution is 5.98. The fraction of sp³-hybridized carbons (Fsp3) is 0.227. The molecule has 0 spiro atoms. The molecule has 1 heterocycles. The van der Waals surface area contributed by atoms with E-state index in [0.717, 1.165) is 22.9 Å². The lowest BCUT2D eigenvalue weighted by atomic mass is 10.1. The molecule has 2 N–H and O–H groups in total. The van der Waals surface area contributed by atoms with Crippen molar-refractivity contribution in [2.45, 2.75) is 25.6 Å². The lowest BCUT2D eigenvalue weighted by Crippen LogP contribution is -2.34. The van der Waals surface area contributed by atoms with Gasteiger partial charge in [0.2, 0.25) is 5.88 Å². The molecule has 1 amide bonds. The minimum absolute atomic E-state index is 0.341. The molecular formula is C22H20F5N3O4. The Balaban J connectivity index is 2.42. The predicted molar refractivity (Wildman–Crippen MR) is 112 cm³/mol. The van der Waals surface area contributed by atoms with Crippen molar-refractivity contribution < 1.29 is 41.4 Å². The number of benzene rings is 1. The normalized spacial score (nSPS) is 13.2. The van der Waals surface area contributed by atoms with Crippen molar-refractivity contribution in [1.82, 2.24) is 15.1 Å². The Morgan fingerprint density at radius 2 is 1.97 bits per heavy atom. The number of carbonyl (C=O) groups excluding carboxylic acids is 1. The van der Waals surface area contributed by atoms with Gasteiger partial charge in [0.25, 0.3) is 12.3 Å². The Hall–Kier alpha value is -3.96. The maximum atomic E-state index is 13.6. The number of amides is 1. The SMILES string of the molecule is C=C/C(=C\C=C\C(=O)O)C(C)NC(=O)c1c(C(F)F)nn(C)c1Oc1cccc(C(F)(F)F)c1. The lowest BCUT2D eigenvalue weighted by Gasteiger charge is -2.16. The summed E-state index contributed by atoms with van der Waals surface area (Å²) in [6.45, 7) is 5.05. The van der Waals surface area contributed by atoms with Crippen LogP contribution in [0.5, 0.6) is 11.6 Å². The predicted octanol–water partition coefficient (Wildman–Crippen LogP) is 5.04. The van der Waals surface area contributed by atoms with Crippen LogP contribution in [0.15, 0.2) is 60.7 Å². The number of carboxylic acids is 1. The first-order valence-electron chi connectivity index (χ1n) is 9.59. The molecule has 0 saturated carbocycles. The van der Waals surface area contributed by atoms with Gasteiger partial charge in [0.1, 0.15) is 17.0 Å². The number of allylic oxidation sites excluding steroid dienone is 2. The summed E-state index contributed by atoms with van der Waals surface area (Å²) in [5.41, 5.74) is -2.26. The quantitative estimate of drug-likeness (QED) is 0.295. The number of carbonyl (C=O) groups is 2. The Bertz CT molecular complexity index is 1140. The lowest BCUT2D eigenvalue weighted by molar-refractivity contribution is -0.137. The van der Waals surface area contributed by atoms with Crippen LogP contribution in [0.2, 0.25) is 0 Å². The molecule has 34 heavy (non-hydrogen) atoms. The van der Waals surface area contributed by atoms with Crippen LogP contribution in [0.1, 0.15) is 35.0 Å². The van der Waals surface area contributed by atoms with E-state index in [1.54, 1.807) is 0 Å². The summed E-state index contributed by atoms with van der Waals surface area (Å²) in [7, 11) is 1.20. The highest BCUT2D eigenvalue weighted by Gasteiger charge is 2.33. The van der Waals surface area contributed by atoms with E-state index in [9.17, 15) is 31.5 Å². The number of ether oxygens (including phenoxy) is 1. The molecule has 0 saturated heterocycles. The molecule has 2 aromatic rings.